The van der Waals surface area contributed by atoms with Crippen LogP contribution in [-0.4, -0.2) is 16.4 Å². The van der Waals surface area contributed by atoms with Gasteiger partial charge < -0.3 is 10.5 Å². The van der Waals surface area contributed by atoms with Crippen molar-refractivity contribution in [3.8, 4) is 5.75 Å². The lowest BCUT2D eigenvalue weighted by atomic mass is 9.88. The molecular formula is C15H19N3O. The van der Waals surface area contributed by atoms with Gasteiger partial charge in [0.25, 0.3) is 0 Å². The molecule has 3 rings (SSSR count). The number of aromatic nitrogens is 2. The first-order valence-corrected chi connectivity index (χ1v) is 6.76. The Morgan fingerprint density at radius 3 is 3.11 bits per heavy atom. The molecule has 1 aliphatic rings. The Hall–Kier alpha value is -1.81. The Kier molecular flexibility index (Phi) is 3.25. The molecule has 0 amide bonds. The fourth-order valence-electron chi connectivity index (χ4n) is 2.58. The largest absolute Gasteiger partial charge is 0.493 e. The fourth-order valence-corrected chi connectivity index (χ4v) is 2.58. The van der Waals surface area contributed by atoms with Gasteiger partial charge >= 0.3 is 0 Å². The molecule has 0 fully saturated rings. The van der Waals surface area contributed by atoms with E-state index >= 15 is 0 Å². The summed E-state index contributed by atoms with van der Waals surface area (Å²) >= 11 is 0. The highest BCUT2D eigenvalue weighted by molar-refractivity contribution is 5.35. The van der Waals surface area contributed by atoms with Gasteiger partial charge in [-0.2, -0.15) is 5.10 Å². The van der Waals surface area contributed by atoms with Crippen molar-refractivity contribution in [2.45, 2.75) is 25.9 Å². The van der Waals surface area contributed by atoms with Gasteiger partial charge in [-0.25, -0.2) is 0 Å². The van der Waals surface area contributed by atoms with Gasteiger partial charge in [0.15, 0.2) is 0 Å². The van der Waals surface area contributed by atoms with Crippen molar-refractivity contribution < 1.29 is 4.74 Å². The molecule has 2 aromatic rings. The van der Waals surface area contributed by atoms with Crippen LogP contribution in [0.3, 0.4) is 0 Å². The van der Waals surface area contributed by atoms with Crippen LogP contribution in [0.5, 0.6) is 5.75 Å². The molecule has 2 unspecified atom stereocenters. The quantitative estimate of drug-likeness (QED) is 0.916. The van der Waals surface area contributed by atoms with Gasteiger partial charge in [0.1, 0.15) is 5.75 Å². The molecule has 1 aliphatic heterocycles. The van der Waals surface area contributed by atoms with Gasteiger partial charge in [0.05, 0.1) is 12.8 Å². The number of rotatable bonds is 3. The number of para-hydroxylation sites is 1. The van der Waals surface area contributed by atoms with Gasteiger partial charge in [0, 0.05) is 30.3 Å². The third kappa shape index (κ3) is 2.36. The van der Waals surface area contributed by atoms with Crippen LogP contribution in [0.2, 0.25) is 0 Å². The maximum absolute atomic E-state index is 6.36. The van der Waals surface area contributed by atoms with E-state index in [1.807, 2.05) is 35.3 Å². The molecule has 100 valence electrons. The van der Waals surface area contributed by atoms with E-state index in [2.05, 4.69) is 18.1 Å². The molecule has 2 heterocycles. The summed E-state index contributed by atoms with van der Waals surface area (Å²) in [6, 6.07) is 8.17. The second-order valence-corrected chi connectivity index (χ2v) is 5.04. The van der Waals surface area contributed by atoms with Crippen LogP contribution in [0.1, 0.15) is 24.1 Å². The standard InChI is InChI=1S/C15H19N3O/c1-2-18-9-13(8-17-18)15(16)12-7-11-5-3-4-6-14(11)19-10-12/h3-6,8-9,12,15H,2,7,10,16H2,1H3. The first-order valence-electron chi connectivity index (χ1n) is 6.76. The van der Waals surface area contributed by atoms with E-state index in [1.165, 1.54) is 5.56 Å². The van der Waals surface area contributed by atoms with Gasteiger partial charge in [0.2, 0.25) is 0 Å². The van der Waals surface area contributed by atoms with E-state index in [1.54, 1.807) is 0 Å². The molecule has 0 radical (unpaired) electrons. The van der Waals surface area contributed by atoms with Crippen LogP contribution in [0.4, 0.5) is 0 Å². The Morgan fingerprint density at radius 2 is 2.32 bits per heavy atom. The smallest absolute Gasteiger partial charge is 0.122 e. The summed E-state index contributed by atoms with van der Waals surface area (Å²) in [6.45, 7) is 3.62. The lowest BCUT2D eigenvalue weighted by Crippen LogP contribution is -2.31. The second-order valence-electron chi connectivity index (χ2n) is 5.04. The molecule has 4 nitrogen and oxygen atoms in total. The molecule has 0 bridgehead atoms. The summed E-state index contributed by atoms with van der Waals surface area (Å²) in [4.78, 5) is 0. The first kappa shape index (κ1) is 12.2. The first-order chi connectivity index (χ1) is 9.28. The zero-order chi connectivity index (χ0) is 13.2. The Balaban J connectivity index is 1.77. The van der Waals surface area contributed by atoms with E-state index in [9.17, 15) is 0 Å². The minimum atomic E-state index is -0.0198. The Morgan fingerprint density at radius 1 is 1.47 bits per heavy atom. The van der Waals surface area contributed by atoms with Gasteiger partial charge in [-0.1, -0.05) is 18.2 Å². The van der Waals surface area contributed by atoms with Crippen molar-refractivity contribution in [3.63, 3.8) is 0 Å². The topological polar surface area (TPSA) is 53.1 Å². The zero-order valence-corrected chi connectivity index (χ0v) is 11.1. The lowest BCUT2D eigenvalue weighted by molar-refractivity contribution is 0.200. The van der Waals surface area contributed by atoms with E-state index in [0.29, 0.717) is 12.5 Å². The summed E-state index contributed by atoms with van der Waals surface area (Å²) in [5, 5.41) is 4.29. The zero-order valence-electron chi connectivity index (χ0n) is 11.1. The van der Waals surface area contributed by atoms with Crippen molar-refractivity contribution >= 4 is 0 Å². The molecule has 1 aromatic carbocycles. The number of fused-ring (bicyclic) bond motifs is 1. The molecule has 0 aliphatic carbocycles. The summed E-state index contributed by atoms with van der Waals surface area (Å²) in [5.41, 5.74) is 8.70. The Labute approximate surface area is 113 Å². The predicted octanol–water partition coefficient (Wildman–Crippen LogP) is 2.15. The predicted molar refractivity (Wildman–Crippen MR) is 74.0 cm³/mol. The average molecular weight is 257 g/mol. The molecule has 0 spiro atoms. The molecular weight excluding hydrogens is 238 g/mol. The van der Waals surface area contributed by atoms with E-state index < -0.39 is 0 Å². The second kappa shape index (κ2) is 5.05. The summed E-state index contributed by atoms with van der Waals surface area (Å²) in [7, 11) is 0. The van der Waals surface area contributed by atoms with Crippen LogP contribution in [0, 0.1) is 5.92 Å². The van der Waals surface area contributed by atoms with Crippen LogP contribution >= 0.6 is 0 Å². The van der Waals surface area contributed by atoms with Crippen molar-refractivity contribution in [2.75, 3.05) is 6.61 Å². The third-order valence-corrected chi connectivity index (χ3v) is 3.78. The maximum atomic E-state index is 6.36. The molecule has 0 saturated heterocycles. The maximum Gasteiger partial charge on any atom is 0.122 e. The Bertz CT molecular complexity index is 564. The third-order valence-electron chi connectivity index (χ3n) is 3.78. The molecule has 2 atom stereocenters. The van der Waals surface area contributed by atoms with Gasteiger partial charge in [-0.15, -0.1) is 0 Å². The van der Waals surface area contributed by atoms with Crippen molar-refractivity contribution in [3.05, 3.63) is 47.8 Å². The molecule has 19 heavy (non-hydrogen) atoms. The van der Waals surface area contributed by atoms with Crippen LogP contribution in [-0.2, 0) is 13.0 Å². The highest BCUT2D eigenvalue weighted by Crippen LogP contribution is 2.32. The minimum absolute atomic E-state index is 0.0198. The summed E-state index contributed by atoms with van der Waals surface area (Å²) in [5.74, 6) is 1.31. The summed E-state index contributed by atoms with van der Waals surface area (Å²) in [6.07, 6.45) is 4.87. The number of hydrogen-bond donors (Lipinski definition) is 1. The number of ether oxygens (including phenoxy) is 1. The minimum Gasteiger partial charge on any atom is -0.493 e. The van der Waals surface area contributed by atoms with E-state index in [-0.39, 0.29) is 6.04 Å². The van der Waals surface area contributed by atoms with Gasteiger partial charge in [-0.05, 0) is 25.0 Å². The molecule has 2 N–H and O–H groups in total. The van der Waals surface area contributed by atoms with Crippen LogP contribution < -0.4 is 10.5 Å². The van der Waals surface area contributed by atoms with Crippen molar-refractivity contribution in [2.24, 2.45) is 11.7 Å². The fraction of sp³-hybridized carbons (Fsp3) is 0.400. The number of nitrogens with zero attached hydrogens (tertiary/aromatic N) is 2. The highest BCUT2D eigenvalue weighted by atomic mass is 16.5. The molecule has 4 heteroatoms. The van der Waals surface area contributed by atoms with E-state index in [4.69, 9.17) is 10.5 Å². The monoisotopic (exact) mass is 257 g/mol. The number of benzene rings is 1. The van der Waals surface area contributed by atoms with Gasteiger partial charge in [-0.3, -0.25) is 4.68 Å². The molecule has 1 aromatic heterocycles. The number of aryl methyl sites for hydroxylation is 1. The van der Waals surface area contributed by atoms with Crippen molar-refractivity contribution in [1.29, 1.82) is 0 Å². The summed E-state index contributed by atoms with van der Waals surface area (Å²) < 4.78 is 7.71. The van der Waals surface area contributed by atoms with Crippen LogP contribution in [0.25, 0.3) is 0 Å². The highest BCUT2D eigenvalue weighted by Gasteiger charge is 2.26. The van der Waals surface area contributed by atoms with Crippen LogP contribution in [0.15, 0.2) is 36.7 Å². The number of nitrogens with two attached hydrogens (primary N) is 1. The van der Waals surface area contributed by atoms with Crippen molar-refractivity contribution in [1.82, 2.24) is 9.78 Å². The average Bonchev–Trinajstić information content (AvgIpc) is 2.95. The normalized spacial score (nSPS) is 19.6. The number of hydrogen-bond acceptors (Lipinski definition) is 3. The molecule has 0 saturated carbocycles. The van der Waals surface area contributed by atoms with E-state index in [0.717, 1.165) is 24.3 Å². The lowest BCUT2D eigenvalue weighted by Gasteiger charge is -2.29. The SMILES string of the molecule is CCn1cc(C(N)C2COc3ccccc3C2)cn1.